The summed E-state index contributed by atoms with van der Waals surface area (Å²) < 4.78 is 9.83. The largest absolute Gasteiger partial charge is 0.465 e. The van der Waals surface area contributed by atoms with Crippen LogP contribution in [0.1, 0.15) is 50.4 Å². The molecule has 0 atom stereocenters. The Bertz CT molecular complexity index is 996. The highest BCUT2D eigenvalue weighted by Crippen LogP contribution is 2.39. The van der Waals surface area contributed by atoms with E-state index in [9.17, 15) is 19.2 Å². The third kappa shape index (κ3) is 5.74. The van der Waals surface area contributed by atoms with Crippen molar-refractivity contribution in [1.29, 1.82) is 0 Å². The average Bonchev–Trinajstić information content (AvgIpc) is 3.36. The molecule has 0 bridgehead atoms. The molecule has 0 saturated carbocycles. The van der Waals surface area contributed by atoms with E-state index in [1.807, 2.05) is 18.4 Å². The molecule has 0 unspecified atom stereocenters. The first-order chi connectivity index (χ1) is 14.9. The van der Waals surface area contributed by atoms with E-state index in [-0.39, 0.29) is 18.6 Å². The number of ether oxygens (including phenoxy) is 2. The molecule has 7 nitrogen and oxygen atoms in total. The summed E-state index contributed by atoms with van der Waals surface area (Å²) in [5, 5.41) is 3.06. The van der Waals surface area contributed by atoms with Gasteiger partial charge in [0.1, 0.15) is 5.00 Å². The normalized spacial score (nSPS) is 12.2. The second kappa shape index (κ2) is 10.6. The second-order valence-corrected chi connectivity index (χ2v) is 8.90. The maximum absolute atomic E-state index is 12.2. The fraction of sp³-hybridized carbons (Fsp3) is 0.364. The molecule has 1 heterocycles. The van der Waals surface area contributed by atoms with Crippen LogP contribution in [0.25, 0.3) is 0 Å². The number of nitrogens with one attached hydrogen (secondary N) is 1. The lowest BCUT2D eigenvalue weighted by Gasteiger charge is -2.08. The van der Waals surface area contributed by atoms with Gasteiger partial charge >= 0.3 is 11.9 Å². The molecule has 1 aromatic carbocycles. The number of hydrogen-bond acceptors (Lipinski definition) is 8. The van der Waals surface area contributed by atoms with Crippen LogP contribution in [-0.2, 0) is 31.9 Å². The number of benzene rings is 1. The first-order valence-corrected chi connectivity index (χ1v) is 11.8. The number of aryl methyl sites for hydroxylation is 1. The standard InChI is InChI=1S/C22H23NO6S2/c1-28-22(27)20-15-4-3-5-17(15)31-21(20)23-18(25)12-29-19(26)11-10-16(24)13-6-8-14(30-2)9-7-13/h6-9H,3-5,10-12H2,1-2H3,(H,23,25). The molecule has 0 spiro atoms. The molecule has 0 radical (unpaired) electrons. The molecule has 1 amide bonds. The summed E-state index contributed by atoms with van der Waals surface area (Å²) in [6.07, 6.45) is 4.44. The lowest BCUT2D eigenvalue weighted by atomic mass is 10.1. The van der Waals surface area contributed by atoms with Crippen LogP contribution in [0.15, 0.2) is 29.2 Å². The summed E-state index contributed by atoms with van der Waals surface area (Å²) in [5.74, 6) is -1.83. The number of methoxy groups -OCH3 is 1. The Morgan fingerprint density at radius 2 is 1.84 bits per heavy atom. The summed E-state index contributed by atoms with van der Waals surface area (Å²) in [6.45, 7) is -0.487. The van der Waals surface area contributed by atoms with Crippen molar-refractivity contribution in [3.8, 4) is 0 Å². The number of carbonyl (C=O) groups excluding carboxylic acids is 4. The van der Waals surface area contributed by atoms with Crippen LogP contribution in [0.3, 0.4) is 0 Å². The molecule has 3 rings (SSSR count). The van der Waals surface area contributed by atoms with Gasteiger partial charge in [0, 0.05) is 21.8 Å². The van der Waals surface area contributed by atoms with E-state index in [2.05, 4.69) is 5.32 Å². The summed E-state index contributed by atoms with van der Waals surface area (Å²) in [7, 11) is 1.30. The number of esters is 2. The molecule has 0 aliphatic heterocycles. The quantitative estimate of drug-likeness (QED) is 0.344. The van der Waals surface area contributed by atoms with Gasteiger partial charge in [0.25, 0.3) is 5.91 Å². The number of ketones is 1. The van der Waals surface area contributed by atoms with E-state index < -0.39 is 24.5 Å². The van der Waals surface area contributed by atoms with Gasteiger partial charge in [0.2, 0.25) is 0 Å². The van der Waals surface area contributed by atoms with Gasteiger partial charge in [-0.25, -0.2) is 4.79 Å². The molecule has 1 aliphatic carbocycles. The van der Waals surface area contributed by atoms with Crippen LogP contribution >= 0.6 is 23.1 Å². The molecule has 31 heavy (non-hydrogen) atoms. The van der Waals surface area contributed by atoms with Crippen molar-refractivity contribution in [3.63, 3.8) is 0 Å². The van der Waals surface area contributed by atoms with Crippen LogP contribution in [0.4, 0.5) is 5.00 Å². The molecular weight excluding hydrogens is 438 g/mol. The predicted molar refractivity (Wildman–Crippen MR) is 119 cm³/mol. The van der Waals surface area contributed by atoms with E-state index in [1.54, 1.807) is 23.9 Å². The van der Waals surface area contributed by atoms with Gasteiger partial charge in [-0.15, -0.1) is 23.1 Å². The molecule has 2 aromatic rings. The Hall–Kier alpha value is -2.65. The minimum atomic E-state index is -0.633. The van der Waals surface area contributed by atoms with Gasteiger partial charge in [0.15, 0.2) is 12.4 Å². The highest BCUT2D eigenvalue weighted by atomic mass is 32.2. The molecule has 1 aromatic heterocycles. The minimum Gasteiger partial charge on any atom is -0.465 e. The smallest absolute Gasteiger partial charge is 0.341 e. The fourth-order valence-corrected chi connectivity index (χ4v) is 5.03. The fourth-order valence-electron chi connectivity index (χ4n) is 3.33. The number of hydrogen-bond donors (Lipinski definition) is 1. The van der Waals surface area contributed by atoms with Crippen molar-refractivity contribution in [3.05, 3.63) is 45.8 Å². The van der Waals surface area contributed by atoms with Crippen molar-refractivity contribution >= 4 is 51.7 Å². The van der Waals surface area contributed by atoms with Gasteiger partial charge in [0.05, 0.1) is 19.1 Å². The predicted octanol–water partition coefficient (Wildman–Crippen LogP) is 3.89. The second-order valence-electron chi connectivity index (χ2n) is 6.91. The van der Waals surface area contributed by atoms with Crippen LogP contribution in [0.5, 0.6) is 0 Å². The van der Waals surface area contributed by atoms with Gasteiger partial charge in [-0.1, -0.05) is 12.1 Å². The van der Waals surface area contributed by atoms with Crippen molar-refractivity contribution in [2.24, 2.45) is 0 Å². The molecule has 0 saturated heterocycles. The molecule has 9 heteroatoms. The highest BCUT2D eigenvalue weighted by Gasteiger charge is 2.28. The van der Waals surface area contributed by atoms with E-state index in [1.165, 1.54) is 18.4 Å². The zero-order chi connectivity index (χ0) is 22.4. The minimum absolute atomic E-state index is 0.00317. The SMILES string of the molecule is COC(=O)c1c(NC(=O)COC(=O)CCC(=O)c2ccc(SC)cc2)sc2c1CCC2. The van der Waals surface area contributed by atoms with Crippen LogP contribution in [-0.4, -0.2) is 43.6 Å². The first kappa shape index (κ1) is 23.0. The zero-order valence-corrected chi connectivity index (χ0v) is 19.0. The molecule has 0 fully saturated rings. The maximum atomic E-state index is 12.2. The van der Waals surface area contributed by atoms with E-state index in [0.29, 0.717) is 16.1 Å². The van der Waals surface area contributed by atoms with Crippen molar-refractivity contribution in [2.45, 2.75) is 37.0 Å². The number of amides is 1. The summed E-state index contributed by atoms with van der Waals surface area (Å²) >= 11 is 2.93. The van der Waals surface area contributed by atoms with Gasteiger partial charge in [-0.05, 0) is 43.2 Å². The Morgan fingerprint density at radius 3 is 2.52 bits per heavy atom. The number of fused-ring (bicyclic) bond motifs is 1. The Balaban J connectivity index is 1.48. The van der Waals surface area contributed by atoms with Crippen LogP contribution < -0.4 is 5.32 Å². The van der Waals surface area contributed by atoms with Gasteiger partial charge in [-0.2, -0.15) is 0 Å². The molecule has 1 aliphatic rings. The van der Waals surface area contributed by atoms with Crippen molar-refractivity contribution < 1.29 is 28.7 Å². The molecular formula is C22H23NO6S2. The third-order valence-corrected chi connectivity index (χ3v) is 6.85. The van der Waals surface area contributed by atoms with E-state index in [4.69, 9.17) is 9.47 Å². The number of rotatable bonds is 9. The maximum Gasteiger partial charge on any atom is 0.341 e. The van der Waals surface area contributed by atoms with Crippen molar-refractivity contribution in [2.75, 3.05) is 25.3 Å². The van der Waals surface area contributed by atoms with Crippen molar-refractivity contribution in [1.82, 2.24) is 0 Å². The Morgan fingerprint density at radius 1 is 1.10 bits per heavy atom. The Kier molecular flexibility index (Phi) is 7.86. The number of carbonyl (C=O) groups is 4. The average molecular weight is 462 g/mol. The molecule has 1 N–H and O–H groups in total. The van der Waals surface area contributed by atoms with Gasteiger partial charge < -0.3 is 14.8 Å². The van der Waals surface area contributed by atoms with Crippen LogP contribution in [0, 0.1) is 0 Å². The topological polar surface area (TPSA) is 98.8 Å². The number of thiophene rings is 1. The summed E-state index contributed by atoms with van der Waals surface area (Å²) in [6, 6.07) is 7.15. The zero-order valence-electron chi connectivity index (χ0n) is 17.3. The number of Topliss-reactive ketones (excluding diaryl/α,β-unsaturated/α-hetero) is 1. The lowest BCUT2D eigenvalue weighted by Crippen LogP contribution is -2.22. The van der Waals surface area contributed by atoms with Crippen LogP contribution in [0.2, 0.25) is 0 Å². The summed E-state index contributed by atoms with van der Waals surface area (Å²) in [4.78, 5) is 50.6. The highest BCUT2D eigenvalue weighted by molar-refractivity contribution is 7.98. The number of thioether (sulfide) groups is 1. The third-order valence-electron chi connectivity index (χ3n) is 4.90. The molecule has 164 valence electrons. The Labute approximate surface area is 188 Å². The monoisotopic (exact) mass is 461 g/mol. The van der Waals surface area contributed by atoms with E-state index >= 15 is 0 Å². The lowest BCUT2D eigenvalue weighted by molar-refractivity contribution is -0.147. The first-order valence-electron chi connectivity index (χ1n) is 9.78. The number of anilines is 1. The van der Waals surface area contributed by atoms with E-state index in [0.717, 1.165) is 34.6 Å². The summed E-state index contributed by atoms with van der Waals surface area (Å²) in [5.41, 5.74) is 1.84. The van der Waals surface area contributed by atoms with Gasteiger partial charge in [-0.3, -0.25) is 14.4 Å².